The van der Waals surface area contributed by atoms with Gasteiger partial charge in [-0.25, -0.2) is 4.98 Å². The normalized spacial score (nSPS) is 29.3. The van der Waals surface area contributed by atoms with E-state index in [0.29, 0.717) is 12.0 Å². The minimum atomic E-state index is 0.0702. The third-order valence-corrected chi connectivity index (χ3v) is 5.02. The van der Waals surface area contributed by atoms with Crippen molar-refractivity contribution in [2.75, 3.05) is 20.1 Å². The summed E-state index contributed by atoms with van der Waals surface area (Å²) in [6.07, 6.45) is 1.16. The van der Waals surface area contributed by atoms with Gasteiger partial charge >= 0.3 is 0 Å². The summed E-state index contributed by atoms with van der Waals surface area (Å²) in [7, 11) is 2.21. The molecule has 0 spiro atoms. The van der Waals surface area contributed by atoms with Crippen LogP contribution in [0.3, 0.4) is 0 Å². The zero-order valence-corrected chi connectivity index (χ0v) is 13.0. The molecule has 18 heavy (non-hydrogen) atoms. The molecule has 1 aliphatic rings. The molecular weight excluding hydrogens is 242 g/mol. The molecule has 2 rings (SSSR count). The van der Waals surface area contributed by atoms with Crippen molar-refractivity contribution in [3.05, 3.63) is 16.1 Å². The van der Waals surface area contributed by atoms with Crippen LogP contribution >= 0.6 is 11.3 Å². The maximum Gasteiger partial charge on any atom is 0.114 e. The number of nitrogens with zero attached hydrogens (tertiary/aromatic N) is 2. The van der Waals surface area contributed by atoms with Crippen molar-refractivity contribution in [1.82, 2.24) is 15.2 Å². The van der Waals surface area contributed by atoms with Crippen LogP contribution < -0.4 is 5.32 Å². The van der Waals surface area contributed by atoms with E-state index in [4.69, 9.17) is 4.98 Å². The second kappa shape index (κ2) is 5.27. The molecular formula is C14H25N3S. The van der Waals surface area contributed by atoms with Gasteiger partial charge in [0.25, 0.3) is 0 Å². The summed E-state index contributed by atoms with van der Waals surface area (Å²) in [5.41, 5.74) is 1.30. The van der Waals surface area contributed by atoms with Gasteiger partial charge in [0.1, 0.15) is 5.01 Å². The highest BCUT2D eigenvalue weighted by atomic mass is 32.1. The van der Waals surface area contributed by atoms with Gasteiger partial charge in [0.05, 0.1) is 11.2 Å². The molecule has 102 valence electrons. The molecule has 1 fully saturated rings. The SMILES string of the molecule is CCNC1(c2nc(C(C)C)cs2)CC(C)N(C)C1. The predicted octanol–water partition coefficient (Wildman–Crippen LogP) is 2.80. The van der Waals surface area contributed by atoms with E-state index in [1.807, 2.05) is 11.3 Å². The minimum absolute atomic E-state index is 0.0702. The van der Waals surface area contributed by atoms with Crippen molar-refractivity contribution in [3.8, 4) is 0 Å². The Morgan fingerprint density at radius 3 is 2.78 bits per heavy atom. The molecule has 1 aliphatic heterocycles. The first kappa shape index (κ1) is 14.0. The summed E-state index contributed by atoms with van der Waals surface area (Å²) in [4.78, 5) is 7.31. The lowest BCUT2D eigenvalue weighted by molar-refractivity contribution is 0.301. The highest BCUT2D eigenvalue weighted by Crippen LogP contribution is 2.37. The average molecular weight is 267 g/mol. The van der Waals surface area contributed by atoms with Crippen LogP contribution in [0.25, 0.3) is 0 Å². The first-order valence-corrected chi connectivity index (χ1v) is 7.77. The van der Waals surface area contributed by atoms with Crippen molar-refractivity contribution in [1.29, 1.82) is 0 Å². The van der Waals surface area contributed by atoms with E-state index in [9.17, 15) is 0 Å². The van der Waals surface area contributed by atoms with Crippen LogP contribution in [0.4, 0.5) is 0 Å². The maximum atomic E-state index is 4.88. The number of aromatic nitrogens is 1. The second-order valence-corrected chi connectivity index (χ2v) is 6.67. The van der Waals surface area contributed by atoms with Crippen LogP contribution in [0.15, 0.2) is 5.38 Å². The monoisotopic (exact) mass is 267 g/mol. The molecule has 2 atom stereocenters. The summed E-state index contributed by atoms with van der Waals surface area (Å²) in [6, 6.07) is 0.621. The molecule has 0 radical (unpaired) electrons. The molecule has 0 aromatic carbocycles. The largest absolute Gasteiger partial charge is 0.305 e. The van der Waals surface area contributed by atoms with Crippen molar-refractivity contribution < 1.29 is 0 Å². The third-order valence-electron chi connectivity index (χ3n) is 3.95. The molecule has 2 heterocycles. The quantitative estimate of drug-likeness (QED) is 0.909. The summed E-state index contributed by atoms with van der Waals surface area (Å²) >= 11 is 1.82. The Balaban J connectivity index is 2.29. The fraction of sp³-hybridized carbons (Fsp3) is 0.786. The number of likely N-dealkylation sites (tertiary alicyclic amines) is 1. The number of likely N-dealkylation sites (N-methyl/N-ethyl adjacent to an activating group) is 2. The van der Waals surface area contributed by atoms with E-state index in [-0.39, 0.29) is 5.54 Å². The van der Waals surface area contributed by atoms with Crippen molar-refractivity contribution in [3.63, 3.8) is 0 Å². The predicted molar refractivity (Wildman–Crippen MR) is 78.3 cm³/mol. The molecule has 1 aromatic rings. The van der Waals surface area contributed by atoms with Crippen LogP contribution in [0.1, 0.15) is 50.7 Å². The molecule has 2 unspecified atom stereocenters. The number of hydrogen-bond acceptors (Lipinski definition) is 4. The smallest absolute Gasteiger partial charge is 0.114 e. The van der Waals surface area contributed by atoms with Crippen LogP contribution in [0.5, 0.6) is 0 Å². The van der Waals surface area contributed by atoms with E-state index >= 15 is 0 Å². The van der Waals surface area contributed by atoms with E-state index in [1.54, 1.807) is 0 Å². The van der Waals surface area contributed by atoms with Crippen molar-refractivity contribution in [2.45, 2.75) is 51.6 Å². The molecule has 1 N–H and O–H groups in total. The van der Waals surface area contributed by atoms with Gasteiger partial charge in [-0.2, -0.15) is 0 Å². The number of rotatable bonds is 4. The third kappa shape index (κ3) is 2.46. The van der Waals surface area contributed by atoms with Crippen LogP contribution in [0, 0.1) is 0 Å². The standard InChI is InChI=1S/C14H25N3S/c1-6-15-14(7-11(4)17(5)9-14)13-16-12(8-18-13)10(2)3/h8,10-11,15H,6-7,9H2,1-5H3. The summed E-state index contributed by atoms with van der Waals surface area (Å²) in [5.74, 6) is 0.519. The van der Waals surface area contributed by atoms with Gasteiger partial charge in [0, 0.05) is 18.0 Å². The zero-order chi connectivity index (χ0) is 13.3. The first-order chi connectivity index (χ1) is 8.48. The van der Waals surface area contributed by atoms with E-state index < -0.39 is 0 Å². The van der Waals surface area contributed by atoms with Gasteiger partial charge in [-0.3, -0.25) is 0 Å². The van der Waals surface area contributed by atoms with Gasteiger partial charge in [-0.05, 0) is 32.9 Å². The number of thiazole rings is 1. The number of nitrogens with one attached hydrogen (secondary N) is 1. The Morgan fingerprint density at radius 1 is 1.61 bits per heavy atom. The van der Waals surface area contributed by atoms with Crippen molar-refractivity contribution in [2.24, 2.45) is 0 Å². The summed E-state index contributed by atoms with van der Waals surface area (Å²) in [6.45, 7) is 11.0. The lowest BCUT2D eigenvalue weighted by Gasteiger charge is -2.27. The Bertz CT molecular complexity index is 389. The lowest BCUT2D eigenvalue weighted by Crippen LogP contribution is -2.44. The second-order valence-electron chi connectivity index (χ2n) is 5.81. The average Bonchev–Trinajstić information content (AvgIpc) is 2.87. The van der Waals surface area contributed by atoms with Gasteiger partial charge in [0.2, 0.25) is 0 Å². The molecule has 0 aliphatic carbocycles. The van der Waals surface area contributed by atoms with Gasteiger partial charge in [-0.1, -0.05) is 20.8 Å². The fourth-order valence-corrected chi connectivity index (χ4v) is 3.94. The number of hydrogen-bond donors (Lipinski definition) is 1. The van der Waals surface area contributed by atoms with E-state index in [1.165, 1.54) is 10.7 Å². The van der Waals surface area contributed by atoms with Gasteiger partial charge in [0.15, 0.2) is 0 Å². The minimum Gasteiger partial charge on any atom is -0.305 e. The van der Waals surface area contributed by atoms with Gasteiger partial charge < -0.3 is 10.2 Å². The molecule has 1 saturated heterocycles. The molecule has 1 aromatic heterocycles. The summed E-state index contributed by atoms with van der Waals surface area (Å²) < 4.78 is 0. The van der Waals surface area contributed by atoms with Crippen molar-refractivity contribution >= 4 is 11.3 Å². The van der Waals surface area contributed by atoms with Crippen LogP contribution in [0.2, 0.25) is 0 Å². The Kier molecular flexibility index (Phi) is 4.09. The molecule has 4 heteroatoms. The molecule has 3 nitrogen and oxygen atoms in total. The molecule has 0 bridgehead atoms. The Labute approximate surface area is 115 Å². The van der Waals surface area contributed by atoms with Gasteiger partial charge in [-0.15, -0.1) is 11.3 Å². The maximum absolute atomic E-state index is 4.88. The van der Waals surface area contributed by atoms with E-state index in [2.05, 4.69) is 50.3 Å². The van der Waals surface area contributed by atoms with Crippen LogP contribution in [-0.2, 0) is 5.54 Å². The zero-order valence-electron chi connectivity index (χ0n) is 12.2. The molecule has 0 amide bonds. The topological polar surface area (TPSA) is 28.2 Å². The first-order valence-electron chi connectivity index (χ1n) is 6.89. The Hall–Kier alpha value is -0.450. The van der Waals surface area contributed by atoms with E-state index in [0.717, 1.165) is 19.5 Å². The molecule has 0 saturated carbocycles. The lowest BCUT2D eigenvalue weighted by atomic mass is 9.97. The fourth-order valence-electron chi connectivity index (χ4n) is 2.77. The summed E-state index contributed by atoms with van der Waals surface area (Å²) in [5, 5.41) is 7.19. The Morgan fingerprint density at radius 2 is 2.33 bits per heavy atom. The van der Waals surface area contributed by atoms with Crippen LogP contribution in [-0.4, -0.2) is 36.1 Å². The highest BCUT2D eigenvalue weighted by molar-refractivity contribution is 7.09. The highest BCUT2D eigenvalue weighted by Gasteiger charge is 2.43.